The minimum absolute atomic E-state index is 0.608. The highest BCUT2D eigenvalue weighted by molar-refractivity contribution is 5.49. The molecule has 2 N–H and O–H groups in total. The number of rotatable bonds is 4. The fourth-order valence-electron chi connectivity index (χ4n) is 1.13. The molecule has 0 radical (unpaired) electrons. The van der Waals surface area contributed by atoms with E-state index in [9.17, 15) is 4.79 Å². The molecule has 0 aliphatic carbocycles. The summed E-state index contributed by atoms with van der Waals surface area (Å²) in [6, 6.07) is 1.98. The van der Waals surface area contributed by atoms with Crippen LogP contribution in [-0.4, -0.2) is 10.9 Å². The Hall–Kier alpha value is -1.25. The summed E-state index contributed by atoms with van der Waals surface area (Å²) in [5, 5.41) is 0. The summed E-state index contributed by atoms with van der Waals surface area (Å²) >= 11 is 0. The molecule has 0 bridgehead atoms. The summed E-state index contributed by atoms with van der Waals surface area (Å²) in [5.74, 6) is 0.806. The predicted octanol–water partition coefficient (Wildman–Crippen LogP) is 1.36. The SMILES string of the molecule is Cc1ccn(CCCC=O)c1N. The van der Waals surface area contributed by atoms with Crippen molar-refractivity contribution in [3.63, 3.8) is 0 Å². The second kappa shape index (κ2) is 3.95. The van der Waals surface area contributed by atoms with Crippen LogP contribution in [-0.2, 0) is 11.3 Å². The molecule has 1 aromatic rings. The minimum atomic E-state index is 0.608. The number of carbonyl (C=O) groups is 1. The predicted molar refractivity (Wildman–Crippen MR) is 48.9 cm³/mol. The number of aryl methyl sites for hydroxylation is 2. The Kier molecular flexibility index (Phi) is 2.91. The molecule has 66 valence electrons. The molecule has 1 rings (SSSR count). The van der Waals surface area contributed by atoms with E-state index in [1.807, 2.05) is 23.8 Å². The lowest BCUT2D eigenvalue weighted by Gasteiger charge is -2.03. The number of hydrogen-bond donors (Lipinski definition) is 1. The molecular weight excluding hydrogens is 152 g/mol. The molecule has 0 spiro atoms. The fourth-order valence-corrected chi connectivity index (χ4v) is 1.13. The van der Waals surface area contributed by atoms with Gasteiger partial charge in [0.1, 0.15) is 12.1 Å². The smallest absolute Gasteiger partial charge is 0.120 e. The largest absolute Gasteiger partial charge is 0.385 e. The second-order valence-corrected chi connectivity index (χ2v) is 2.89. The van der Waals surface area contributed by atoms with Crippen molar-refractivity contribution in [1.29, 1.82) is 0 Å². The van der Waals surface area contributed by atoms with Crippen molar-refractivity contribution in [1.82, 2.24) is 4.57 Å². The molecule has 0 saturated carbocycles. The van der Waals surface area contributed by atoms with Crippen molar-refractivity contribution < 1.29 is 4.79 Å². The van der Waals surface area contributed by atoms with Crippen LogP contribution in [0.25, 0.3) is 0 Å². The Balaban J connectivity index is 2.51. The van der Waals surface area contributed by atoms with Gasteiger partial charge < -0.3 is 15.1 Å². The third-order valence-electron chi connectivity index (χ3n) is 1.94. The van der Waals surface area contributed by atoms with Crippen LogP contribution >= 0.6 is 0 Å². The first-order valence-electron chi connectivity index (χ1n) is 4.10. The summed E-state index contributed by atoms with van der Waals surface area (Å²) in [7, 11) is 0. The quantitative estimate of drug-likeness (QED) is 0.542. The van der Waals surface area contributed by atoms with E-state index in [1.165, 1.54) is 0 Å². The maximum absolute atomic E-state index is 10.0. The van der Waals surface area contributed by atoms with Crippen molar-refractivity contribution in [2.24, 2.45) is 0 Å². The van der Waals surface area contributed by atoms with Crippen LogP contribution in [0.3, 0.4) is 0 Å². The van der Waals surface area contributed by atoms with Crippen LogP contribution in [0.1, 0.15) is 18.4 Å². The first-order valence-corrected chi connectivity index (χ1v) is 4.10. The first-order chi connectivity index (χ1) is 5.75. The second-order valence-electron chi connectivity index (χ2n) is 2.89. The van der Waals surface area contributed by atoms with Gasteiger partial charge in [-0.15, -0.1) is 0 Å². The topological polar surface area (TPSA) is 48.0 Å². The molecule has 3 nitrogen and oxygen atoms in total. The molecule has 0 amide bonds. The lowest BCUT2D eigenvalue weighted by Crippen LogP contribution is -2.02. The van der Waals surface area contributed by atoms with E-state index in [1.54, 1.807) is 0 Å². The Morgan fingerprint density at radius 2 is 2.42 bits per heavy atom. The third-order valence-corrected chi connectivity index (χ3v) is 1.94. The zero-order chi connectivity index (χ0) is 8.97. The number of aldehydes is 1. The van der Waals surface area contributed by atoms with Gasteiger partial charge in [0.15, 0.2) is 0 Å². The van der Waals surface area contributed by atoms with Gasteiger partial charge in [0.25, 0.3) is 0 Å². The van der Waals surface area contributed by atoms with Gasteiger partial charge in [-0.05, 0) is 25.0 Å². The molecule has 0 atom stereocenters. The van der Waals surface area contributed by atoms with Gasteiger partial charge in [-0.1, -0.05) is 0 Å². The highest BCUT2D eigenvalue weighted by Gasteiger charge is 1.99. The van der Waals surface area contributed by atoms with E-state index in [4.69, 9.17) is 5.73 Å². The van der Waals surface area contributed by atoms with E-state index in [-0.39, 0.29) is 0 Å². The molecule has 12 heavy (non-hydrogen) atoms. The van der Waals surface area contributed by atoms with Crippen LogP contribution in [0.15, 0.2) is 12.3 Å². The minimum Gasteiger partial charge on any atom is -0.385 e. The molecule has 1 aromatic heterocycles. The summed E-state index contributed by atoms with van der Waals surface area (Å²) < 4.78 is 1.97. The van der Waals surface area contributed by atoms with Crippen LogP contribution in [0, 0.1) is 6.92 Å². The molecule has 0 aliphatic rings. The molecule has 0 unspecified atom stereocenters. The van der Waals surface area contributed by atoms with Crippen molar-refractivity contribution in [3.05, 3.63) is 17.8 Å². The summed E-state index contributed by atoms with van der Waals surface area (Å²) in [4.78, 5) is 10.0. The van der Waals surface area contributed by atoms with Crippen molar-refractivity contribution in [2.75, 3.05) is 5.73 Å². The molecule has 3 heteroatoms. The van der Waals surface area contributed by atoms with Gasteiger partial charge in [-0.25, -0.2) is 0 Å². The number of anilines is 1. The van der Waals surface area contributed by atoms with Gasteiger partial charge >= 0.3 is 0 Å². The summed E-state index contributed by atoms with van der Waals surface area (Å²) in [6.07, 6.45) is 4.36. The third kappa shape index (κ3) is 1.87. The van der Waals surface area contributed by atoms with Gasteiger partial charge in [0.2, 0.25) is 0 Å². The number of nitrogens with two attached hydrogens (primary N) is 1. The highest BCUT2D eigenvalue weighted by atomic mass is 16.1. The number of carbonyl (C=O) groups excluding carboxylic acids is 1. The lowest BCUT2D eigenvalue weighted by atomic mass is 10.3. The Labute approximate surface area is 72.2 Å². The van der Waals surface area contributed by atoms with Crippen molar-refractivity contribution in [3.8, 4) is 0 Å². The van der Waals surface area contributed by atoms with E-state index >= 15 is 0 Å². The Morgan fingerprint density at radius 1 is 1.67 bits per heavy atom. The number of nitrogens with zero attached hydrogens (tertiary/aromatic N) is 1. The molecular formula is C9H14N2O. The number of hydrogen-bond acceptors (Lipinski definition) is 2. The number of aromatic nitrogens is 1. The van der Waals surface area contributed by atoms with Crippen molar-refractivity contribution >= 4 is 12.1 Å². The molecule has 0 aliphatic heterocycles. The van der Waals surface area contributed by atoms with Crippen LogP contribution < -0.4 is 5.73 Å². The summed E-state index contributed by atoms with van der Waals surface area (Å²) in [5.41, 5.74) is 6.86. The zero-order valence-electron chi connectivity index (χ0n) is 7.29. The molecule has 0 fully saturated rings. The van der Waals surface area contributed by atoms with Crippen LogP contribution in [0.5, 0.6) is 0 Å². The van der Waals surface area contributed by atoms with Crippen LogP contribution in [0.4, 0.5) is 5.82 Å². The number of unbranched alkanes of at least 4 members (excludes halogenated alkanes) is 1. The summed E-state index contributed by atoms with van der Waals surface area (Å²) in [6.45, 7) is 2.81. The first kappa shape index (κ1) is 8.84. The van der Waals surface area contributed by atoms with Gasteiger partial charge in [0.05, 0.1) is 0 Å². The zero-order valence-corrected chi connectivity index (χ0v) is 7.29. The molecule has 0 saturated heterocycles. The lowest BCUT2D eigenvalue weighted by molar-refractivity contribution is -0.107. The van der Waals surface area contributed by atoms with Crippen LogP contribution in [0.2, 0.25) is 0 Å². The average molecular weight is 166 g/mol. The van der Waals surface area contributed by atoms with E-state index in [0.29, 0.717) is 6.42 Å². The van der Waals surface area contributed by atoms with E-state index in [0.717, 1.165) is 30.6 Å². The van der Waals surface area contributed by atoms with Gasteiger partial charge in [-0.2, -0.15) is 0 Å². The maximum atomic E-state index is 10.0. The monoisotopic (exact) mass is 166 g/mol. The molecule has 1 heterocycles. The average Bonchev–Trinajstić information content (AvgIpc) is 2.36. The maximum Gasteiger partial charge on any atom is 0.120 e. The standard InChI is InChI=1S/C9H14N2O/c1-8-4-6-11(9(8)10)5-2-3-7-12/h4,6-7H,2-3,5,10H2,1H3. The van der Waals surface area contributed by atoms with Gasteiger partial charge in [0, 0.05) is 19.2 Å². The molecule has 0 aromatic carbocycles. The Bertz CT molecular complexity index is 265. The van der Waals surface area contributed by atoms with E-state index < -0.39 is 0 Å². The van der Waals surface area contributed by atoms with Crippen molar-refractivity contribution in [2.45, 2.75) is 26.3 Å². The Morgan fingerprint density at radius 3 is 2.92 bits per heavy atom. The van der Waals surface area contributed by atoms with Gasteiger partial charge in [-0.3, -0.25) is 0 Å². The fraction of sp³-hybridized carbons (Fsp3) is 0.444. The number of nitrogen functional groups attached to an aromatic ring is 1. The highest BCUT2D eigenvalue weighted by Crippen LogP contribution is 2.12. The normalized spacial score (nSPS) is 10.1. The van der Waals surface area contributed by atoms with E-state index in [2.05, 4.69) is 0 Å².